The van der Waals surface area contributed by atoms with Crippen LogP contribution in [0, 0.1) is 0 Å². The van der Waals surface area contributed by atoms with Crippen LogP contribution >= 0.6 is 0 Å². The van der Waals surface area contributed by atoms with E-state index in [2.05, 4.69) is 25.7 Å². The third-order valence-corrected chi connectivity index (χ3v) is 2.97. The van der Waals surface area contributed by atoms with Gasteiger partial charge in [-0.1, -0.05) is 12.8 Å². The molecule has 8 nitrogen and oxygen atoms in total. The van der Waals surface area contributed by atoms with Gasteiger partial charge in [0.2, 0.25) is 11.9 Å². The summed E-state index contributed by atoms with van der Waals surface area (Å²) in [4.78, 5) is 12.0. The van der Waals surface area contributed by atoms with Gasteiger partial charge in [0, 0.05) is 0 Å². The van der Waals surface area contributed by atoms with E-state index in [-0.39, 0.29) is 24.1 Å². The van der Waals surface area contributed by atoms with E-state index in [9.17, 15) is 5.11 Å². The maximum absolute atomic E-state index is 9.88. The zero-order valence-electron chi connectivity index (χ0n) is 10.3. The molecule has 100 valence electrons. The van der Waals surface area contributed by atoms with Crippen molar-refractivity contribution in [2.75, 3.05) is 17.9 Å². The molecule has 0 spiro atoms. The molecule has 0 amide bonds. The van der Waals surface area contributed by atoms with E-state index in [0.717, 1.165) is 25.7 Å². The molecule has 0 radical (unpaired) electrons. The van der Waals surface area contributed by atoms with Crippen LogP contribution in [0.3, 0.4) is 0 Å². The fourth-order valence-corrected chi connectivity index (χ4v) is 2.02. The third-order valence-electron chi connectivity index (χ3n) is 2.97. The van der Waals surface area contributed by atoms with Gasteiger partial charge in [0.15, 0.2) is 0 Å². The van der Waals surface area contributed by atoms with Crippen molar-refractivity contribution in [2.24, 2.45) is 5.84 Å². The van der Waals surface area contributed by atoms with Crippen molar-refractivity contribution in [3.05, 3.63) is 0 Å². The SMILES string of the molecule is COc1nc(NN)nc(NC2CCCCC2O)n1. The summed E-state index contributed by atoms with van der Waals surface area (Å²) in [6.45, 7) is 0. The number of ether oxygens (including phenoxy) is 1. The Kier molecular flexibility index (Phi) is 4.11. The summed E-state index contributed by atoms with van der Waals surface area (Å²) in [6.07, 6.45) is 3.44. The van der Waals surface area contributed by atoms with Gasteiger partial charge in [-0.3, -0.25) is 5.43 Å². The highest BCUT2D eigenvalue weighted by Gasteiger charge is 2.23. The molecule has 0 bridgehead atoms. The van der Waals surface area contributed by atoms with E-state index in [1.54, 1.807) is 0 Å². The lowest BCUT2D eigenvalue weighted by atomic mass is 9.93. The van der Waals surface area contributed by atoms with E-state index in [1.807, 2.05) is 0 Å². The number of hydrazine groups is 1. The van der Waals surface area contributed by atoms with Crippen molar-refractivity contribution in [3.63, 3.8) is 0 Å². The number of aromatic nitrogens is 3. The molecular weight excluding hydrogens is 236 g/mol. The largest absolute Gasteiger partial charge is 0.467 e. The van der Waals surface area contributed by atoms with Gasteiger partial charge >= 0.3 is 6.01 Å². The van der Waals surface area contributed by atoms with Gasteiger partial charge in [-0.05, 0) is 12.8 Å². The number of hydrogen-bond donors (Lipinski definition) is 4. The second-order valence-electron chi connectivity index (χ2n) is 4.22. The lowest BCUT2D eigenvalue weighted by Gasteiger charge is -2.28. The van der Waals surface area contributed by atoms with Crippen LogP contribution in [-0.4, -0.2) is 39.3 Å². The van der Waals surface area contributed by atoms with Gasteiger partial charge in [-0.2, -0.15) is 15.0 Å². The van der Waals surface area contributed by atoms with Crippen LogP contribution in [0.5, 0.6) is 6.01 Å². The molecule has 1 aliphatic rings. The normalized spacial score (nSPS) is 23.5. The Bertz CT molecular complexity index is 380. The van der Waals surface area contributed by atoms with Gasteiger partial charge in [0.25, 0.3) is 0 Å². The highest BCUT2D eigenvalue weighted by Crippen LogP contribution is 2.21. The number of nitrogens with one attached hydrogen (secondary N) is 2. The summed E-state index contributed by atoms with van der Waals surface area (Å²) in [5, 5.41) is 13.0. The number of aliphatic hydroxyl groups excluding tert-OH is 1. The van der Waals surface area contributed by atoms with E-state index in [1.165, 1.54) is 7.11 Å². The highest BCUT2D eigenvalue weighted by molar-refractivity contribution is 5.36. The summed E-state index contributed by atoms with van der Waals surface area (Å²) in [5.74, 6) is 5.83. The topological polar surface area (TPSA) is 118 Å². The number of aliphatic hydroxyl groups is 1. The van der Waals surface area contributed by atoms with E-state index in [0.29, 0.717) is 5.95 Å². The van der Waals surface area contributed by atoms with Crippen LogP contribution in [0.1, 0.15) is 25.7 Å². The average Bonchev–Trinajstić information content (AvgIpc) is 2.41. The predicted molar refractivity (Wildman–Crippen MR) is 66.1 cm³/mol. The Morgan fingerprint density at radius 2 is 1.94 bits per heavy atom. The number of nitrogens with two attached hydrogens (primary N) is 1. The van der Waals surface area contributed by atoms with Crippen LogP contribution in [-0.2, 0) is 0 Å². The standard InChI is InChI=1S/C10H18N6O2/c1-18-10-14-8(13-9(15-10)16-11)12-6-4-2-3-5-7(6)17/h6-7,17H,2-5,11H2,1H3,(H2,12,13,14,15,16). The van der Waals surface area contributed by atoms with Crippen molar-refractivity contribution in [1.29, 1.82) is 0 Å². The Balaban J connectivity index is 2.12. The van der Waals surface area contributed by atoms with Crippen LogP contribution in [0.25, 0.3) is 0 Å². The van der Waals surface area contributed by atoms with Gasteiger partial charge in [-0.15, -0.1) is 0 Å². The monoisotopic (exact) mass is 254 g/mol. The molecule has 1 saturated carbocycles. The summed E-state index contributed by atoms with van der Waals surface area (Å²) in [5.41, 5.74) is 2.35. The Labute approximate surface area is 105 Å². The Morgan fingerprint density at radius 1 is 1.22 bits per heavy atom. The molecule has 1 heterocycles. The molecule has 0 aliphatic heterocycles. The molecule has 1 aromatic heterocycles. The molecule has 0 saturated heterocycles. The van der Waals surface area contributed by atoms with Crippen LogP contribution in [0.15, 0.2) is 0 Å². The fourth-order valence-electron chi connectivity index (χ4n) is 2.02. The number of methoxy groups -OCH3 is 1. The molecule has 2 unspecified atom stereocenters. The van der Waals surface area contributed by atoms with Crippen molar-refractivity contribution >= 4 is 11.9 Å². The molecular formula is C10H18N6O2. The van der Waals surface area contributed by atoms with Crippen LogP contribution < -0.4 is 21.3 Å². The van der Waals surface area contributed by atoms with Crippen molar-refractivity contribution < 1.29 is 9.84 Å². The highest BCUT2D eigenvalue weighted by atomic mass is 16.5. The molecule has 1 aromatic rings. The summed E-state index contributed by atoms with van der Waals surface area (Å²) in [7, 11) is 1.47. The van der Waals surface area contributed by atoms with Gasteiger partial charge in [-0.25, -0.2) is 5.84 Å². The minimum Gasteiger partial charge on any atom is -0.467 e. The molecule has 18 heavy (non-hydrogen) atoms. The number of hydrogen-bond acceptors (Lipinski definition) is 8. The van der Waals surface area contributed by atoms with Crippen molar-refractivity contribution in [2.45, 2.75) is 37.8 Å². The first kappa shape index (κ1) is 12.8. The predicted octanol–water partition coefficient (Wildman–Crippen LogP) is -0.119. The summed E-state index contributed by atoms with van der Waals surface area (Å²) < 4.78 is 4.95. The number of nitrogens with zero attached hydrogens (tertiary/aromatic N) is 3. The second kappa shape index (κ2) is 5.78. The van der Waals surface area contributed by atoms with Crippen LogP contribution in [0.4, 0.5) is 11.9 Å². The molecule has 5 N–H and O–H groups in total. The quantitative estimate of drug-likeness (QED) is 0.434. The number of nitrogen functional groups attached to an aromatic ring is 1. The molecule has 2 atom stereocenters. The molecule has 2 rings (SSSR count). The second-order valence-corrected chi connectivity index (χ2v) is 4.22. The smallest absolute Gasteiger partial charge is 0.322 e. The van der Waals surface area contributed by atoms with E-state index >= 15 is 0 Å². The lowest BCUT2D eigenvalue weighted by Crippen LogP contribution is -2.37. The first-order chi connectivity index (χ1) is 8.72. The minimum atomic E-state index is -0.379. The molecule has 0 aromatic carbocycles. The van der Waals surface area contributed by atoms with Gasteiger partial charge in [0.1, 0.15) is 0 Å². The Morgan fingerprint density at radius 3 is 2.61 bits per heavy atom. The zero-order valence-corrected chi connectivity index (χ0v) is 10.3. The number of anilines is 2. The van der Waals surface area contributed by atoms with E-state index in [4.69, 9.17) is 10.6 Å². The van der Waals surface area contributed by atoms with Crippen molar-refractivity contribution in [3.8, 4) is 6.01 Å². The minimum absolute atomic E-state index is 0.0449. The van der Waals surface area contributed by atoms with Crippen LogP contribution in [0.2, 0.25) is 0 Å². The van der Waals surface area contributed by atoms with Crippen molar-refractivity contribution in [1.82, 2.24) is 15.0 Å². The fraction of sp³-hybridized carbons (Fsp3) is 0.700. The third kappa shape index (κ3) is 2.96. The molecule has 8 heteroatoms. The van der Waals surface area contributed by atoms with E-state index < -0.39 is 0 Å². The molecule has 1 aliphatic carbocycles. The molecule has 1 fully saturated rings. The van der Waals surface area contributed by atoms with Gasteiger partial charge < -0.3 is 15.2 Å². The summed E-state index contributed by atoms with van der Waals surface area (Å²) in [6, 6.07) is 0.127. The number of rotatable bonds is 4. The Hall–Kier alpha value is -1.67. The maximum atomic E-state index is 9.88. The lowest BCUT2D eigenvalue weighted by molar-refractivity contribution is 0.116. The zero-order chi connectivity index (χ0) is 13.0. The maximum Gasteiger partial charge on any atom is 0.322 e. The first-order valence-electron chi connectivity index (χ1n) is 5.94. The summed E-state index contributed by atoms with van der Waals surface area (Å²) >= 11 is 0. The van der Waals surface area contributed by atoms with Gasteiger partial charge in [0.05, 0.1) is 19.3 Å². The first-order valence-corrected chi connectivity index (χ1v) is 5.94. The average molecular weight is 254 g/mol.